The highest BCUT2D eigenvalue weighted by molar-refractivity contribution is 5.89. The number of ether oxygens (including phenoxy) is 2. The number of hydrogen-bond donors (Lipinski definition) is 0. The van der Waals surface area contributed by atoms with Crippen molar-refractivity contribution in [2.45, 2.75) is 43.2 Å². The number of benzene rings is 1. The van der Waals surface area contributed by atoms with Crippen LogP contribution < -0.4 is 9.47 Å². The summed E-state index contributed by atoms with van der Waals surface area (Å²) in [6, 6.07) is 4.67. The van der Waals surface area contributed by atoms with E-state index in [2.05, 4.69) is 17.5 Å². The van der Waals surface area contributed by atoms with E-state index in [1.54, 1.807) is 7.11 Å². The van der Waals surface area contributed by atoms with E-state index in [4.69, 9.17) is 9.47 Å². The van der Waals surface area contributed by atoms with Crippen LogP contribution in [-0.2, 0) is 16.6 Å². The predicted octanol–water partition coefficient (Wildman–Crippen LogP) is 2.49. The first-order valence-electron chi connectivity index (χ1n) is 8.95. The van der Waals surface area contributed by atoms with E-state index in [0.29, 0.717) is 18.4 Å². The molecule has 1 aromatic carbocycles. The van der Waals surface area contributed by atoms with Crippen molar-refractivity contribution in [3.8, 4) is 11.5 Å². The maximum Gasteiger partial charge on any atom is 0.174 e. The molecule has 4 atom stereocenters. The monoisotopic (exact) mass is 325 g/mol. The van der Waals surface area contributed by atoms with Crippen LogP contribution in [0, 0.1) is 5.92 Å². The van der Waals surface area contributed by atoms with Crippen LogP contribution in [0.1, 0.15) is 30.4 Å². The zero-order valence-corrected chi connectivity index (χ0v) is 14.1. The number of carbonyl (C=O) groups excluding carboxylic acids is 1. The molecule has 0 unspecified atom stereocenters. The lowest BCUT2D eigenvalue weighted by atomic mass is 9.51. The second-order valence-electron chi connectivity index (χ2n) is 7.59. The van der Waals surface area contributed by atoms with Gasteiger partial charge in [-0.1, -0.05) is 12.1 Å². The Hall–Kier alpha value is -1.81. The average Bonchev–Trinajstić information content (AvgIpc) is 2.94. The van der Waals surface area contributed by atoms with Crippen LogP contribution in [0.3, 0.4) is 0 Å². The Morgan fingerprint density at radius 2 is 2.38 bits per heavy atom. The third-order valence-electron chi connectivity index (χ3n) is 6.79. The van der Waals surface area contributed by atoms with Crippen LogP contribution in [0.25, 0.3) is 0 Å². The summed E-state index contributed by atoms with van der Waals surface area (Å²) < 4.78 is 11.8. The van der Waals surface area contributed by atoms with Crippen molar-refractivity contribution in [2.75, 3.05) is 20.2 Å². The van der Waals surface area contributed by atoms with E-state index in [1.165, 1.54) is 11.1 Å². The Labute approximate surface area is 142 Å². The fourth-order valence-electron chi connectivity index (χ4n) is 5.95. The molecular formula is C20H23NO3. The van der Waals surface area contributed by atoms with Crippen molar-refractivity contribution < 1.29 is 14.3 Å². The molecule has 5 rings (SSSR count). The summed E-state index contributed by atoms with van der Waals surface area (Å²) in [5.41, 5.74) is 2.51. The summed E-state index contributed by atoms with van der Waals surface area (Å²) in [7, 11) is 1.68. The zero-order chi connectivity index (χ0) is 16.5. The first kappa shape index (κ1) is 14.5. The summed E-state index contributed by atoms with van der Waals surface area (Å²) in [6.07, 6.45) is 5.34. The van der Waals surface area contributed by atoms with Crippen LogP contribution >= 0.6 is 0 Å². The molecule has 0 aromatic heterocycles. The number of methoxy groups -OCH3 is 1. The Morgan fingerprint density at radius 1 is 1.50 bits per heavy atom. The SMILES string of the molecule is C=CCN1CC[C@]23c4c5ccc(OC)c4O[C@H]2C(=O)CC[C@H]3[C@H]1C5. The second-order valence-corrected chi connectivity index (χ2v) is 7.59. The van der Waals surface area contributed by atoms with Crippen molar-refractivity contribution in [3.63, 3.8) is 0 Å². The van der Waals surface area contributed by atoms with Gasteiger partial charge in [0.15, 0.2) is 23.4 Å². The zero-order valence-electron chi connectivity index (χ0n) is 14.1. The number of piperidine rings is 1. The standard InChI is InChI=1S/C20H23NO3/c1-3-9-21-10-8-20-13-5-6-15(22)19(20)24-18-16(23-2)7-4-12(17(18)20)11-14(13)21/h3-4,7,13-14,19H,1,5-6,8-11H2,2H3/t13-,14+,19-,20-/m0/s1. The van der Waals surface area contributed by atoms with Gasteiger partial charge in [0.05, 0.1) is 7.11 Å². The van der Waals surface area contributed by atoms with Crippen LogP contribution in [0.15, 0.2) is 24.8 Å². The molecule has 2 heterocycles. The molecule has 24 heavy (non-hydrogen) atoms. The van der Waals surface area contributed by atoms with Crippen molar-refractivity contribution in [2.24, 2.45) is 5.92 Å². The molecule has 2 fully saturated rings. The van der Waals surface area contributed by atoms with Gasteiger partial charge in [0, 0.05) is 30.0 Å². The molecule has 0 N–H and O–H groups in total. The molecule has 0 radical (unpaired) electrons. The van der Waals surface area contributed by atoms with Gasteiger partial charge in [-0.05, 0) is 43.4 Å². The molecule has 0 amide bonds. The van der Waals surface area contributed by atoms with Crippen molar-refractivity contribution >= 4 is 5.78 Å². The Bertz CT molecular complexity index is 743. The van der Waals surface area contributed by atoms with E-state index < -0.39 is 0 Å². The largest absolute Gasteiger partial charge is 0.493 e. The molecule has 1 spiro atoms. The lowest BCUT2D eigenvalue weighted by molar-refractivity contribution is -0.138. The summed E-state index contributed by atoms with van der Waals surface area (Å²) in [5.74, 6) is 2.38. The molecule has 2 aliphatic carbocycles. The van der Waals surface area contributed by atoms with Gasteiger partial charge in [-0.25, -0.2) is 0 Å². The minimum Gasteiger partial charge on any atom is -0.493 e. The highest BCUT2D eigenvalue weighted by Crippen LogP contribution is 2.63. The van der Waals surface area contributed by atoms with Gasteiger partial charge in [0.1, 0.15) is 0 Å². The third-order valence-corrected chi connectivity index (χ3v) is 6.79. The molecule has 1 saturated heterocycles. The second kappa shape index (κ2) is 4.85. The normalized spacial score (nSPS) is 36.0. The van der Waals surface area contributed by atoms with Crippen LogP contribution in [-0.4, -0.2) is 43.0 Å². The summed E-state index contributed by atoms with van der Waals surface area (Å²) in [4.78, 5) is 15.3. The number of carbonyl (C=O) groups is 1. The minimum atomic E-state index is -0.310. The van der Waals surface area contributed by atoms with Gasteiger partial charge in [-0.3, -0.25) is 9.69 Å². The van der Waals surface area contributed by atoms with Crippen molar-refractivity contribution in [1.82, 2.24) is 4.90 Å². The van der Waals surface area contributed by atoms with E-state index in [1.807, 2.05) is 12.1 Å². The summed E-state index contributed by atoms with van der Waals surface area (Å²) in [6.45, 7) is 5.87. The third kappa shape index (κ3) is 1.55. The number of hydrogen-bond acceptors (Lipinski definition) is 4. The van der Waals surface area contributed by atoms with Gasteiger partial charge >= 0.3 is 0 Å². The van der Waals surface area contributed by atoms with Gasteiger partial charge in [-0.15, -0.1) is 6.58 Å². The highest BCUT2D eigenvalue weighted by Gasteiger charge is 2.65. The van der Waals surface area contributed by atoms with Crippen LogP contribution in [0.5, 0.6) is 11.5 Å². The maximum atomic E-state index is 12.7. The summed E-state index contributed by atoms with van der Waals surface area (Å²) >= 11 is 0. The van der Waals surface area contributed by atoms with Gasteiger partial charge in [-0.2, -0.15) is 0 Å². The number of likely N-dealkylation sites (tertiary alicyclic amines) is 1. The Balaban J connectivity index is 1.74. The predicted molar refractivity (Wildman–Crippen MR) is 90.7 cm³/mol. The number of ketones is 1. The topological polar surface area (TPSA) is 38.8 Å². The minimum absolute atomic E-state index is 0.130. The Morgan fingerprint density at radius 3 is 3.17 bits per heavy atom. The lowest BCUT2D eigenvalue weighted by Gasteiger charge is -2.57. The first-order valence-corrected chi connectivity index (χ1v) is 8.95. The van der Waals surface area contributed by atoms with E-state index in [9.17, 15) is 4.79 Å². The molecule has 2 aliphatic heterocycles. The average molecular weight is 325 g/mol. The van der Waals surface area contributed by atoms with Crippen LogP contribution in [0.4, 0.5) is 0 Å². The molecule has 1 saturated carbocycles. The molecule has 1 aromatic rings. The fraction of sp³-hybridized carbons (Fsp3) is 0.550. The number of nitrogens with zero attached hydrogens (tertiary/aromatic N) is 1. The van der Waals surface area contributed by atoms with Crippen LogP contribution in [0.2, 0.25) is 0 Å². The van der Waals surface area contributed by atoms with E-state index in [-0.39, 0.29) is 17.3 Å². The highest BCUT2D eigenvalue weighted by atomic mass is 16.5. The molecule has 4 aliphatic rings. The smallest absolute Gasteiger partial charge is 0.174 e. The number of Topliss-reactive ketones (excluding diaryl/α,β-unsaturated/α-hetero) is 1. The Kier molecular flexibility index (Phi) is 2.94. The molecule has 126 valence electrons. The number of rotatable bonds is 3. The van der Waals surface area contributed by atoms with Crippen molar-refractivity contribution in [3.05, 3.63) is 35.9 Å². The molecule has 4 nitrogen and oxygen atoms in total. The van der Waals surface area contributed by atoms with Gasteiger partial charge < -0.3 is 9.47 Å². The molecular weight excluding hydrogens is 302 g/mol. The van der Waals surface area contributed by atoms with Gasteiger partial charge in [0.2, 0.25) is 0 Å². The fourth-order valence-corrected chi connectivity index (χ4v) is 5.95. The van der Waals surface area contributed by atoms with Crippen molar-refractivity contribution in [1.29, 1.82) is 0 Å². The van der Waals surface area contributed by atoms with Gasteiger partial charge in [0.25, 0.3) is 0 Å². The first-order chi connectivity index (χ1) is 11.7. The maximum absolute atomic E-state index is 12.7. The van der Waals surface area contributed by atoms with E-state index >= 15 is 0 Å². The van der Waals surface area contributed by atoms with E-state index in [0.717, 1.165) is 43.9 Å². The molecule has 4 heteroatoms. The molecule has 2 bridgehead atoms. The summed E-state index contributed by atoms with van der Waals surface area (Å²) in [5, 5.41) is 0. The lowest BCUT2D eigenvalue weighted by Crippen LogP contribution is -2.66. The quantitative estimate of drug-likeness (QED) is 0.801.